The van der Waals surface area contributed by atoms with Gasteiger partial charge in [-0.05, 0) is 36.4 Å². The lowest BCUT2D eigenvalue weighted by Gasteiger charge is -2.07. The summed E-state index contributed by atoms with van der Waals surface area (Å²) in [5, 5.41) is 3.13. The van der Waals surface area contributed by atoms with Crippen LogP contribution >= 0.6 is 0 Å². The molecule has 0 fully saturated rings. The maximum atomic E-state index is 10.5. The molecule has 2 rings (SSSR count). The highest BCUT2D eigenvalue weighted by Gasteiger charge is 2.06. The molecule has 0 saturated heterocycles. The highest BCUT2D eigenvalue weighted by Crippen LogP contribution is 2.20. The molecule has 0 spiro atoms. The Morgan fingerprint density at radius 3 is 2.00 bits per heavy atom. The van der Waals surface area contributed by atoms with Crippen molar-refractivity contribution in [3.05, 3.63) is 54.6 Å². The Labute approximate surface area is 105 Å². The largest absolute Gasteiger partial charge is 0.446 e. The van der Waals surface area contributed by atoms with Crippen molar-refractivity contribution >= 4 is 21.8 Å². The third-order valence-electron chi connectivity index (χ3n) is 2.12. The number of anilines is 2. The van der Waals surface area contributed by atoms with Gasteiger partial charge < -0.3 is 9.50 Å². The first kappa shape index (κ1) is 12.4. The van der Waals surface area contributed by atoms with Crippen molar-refractivity contribution in [3.8, 4) is 5.75 Å². The summed E-state index contributed by atoms with van der Waals surface area (Å²) >= 11 is 0. The maximum Gasteiger partial charge on any atom is 0.446 e. The summed E-state index contributed by atoms with van der Waals surface area (Å²) < 4.78 is 33.8. The normalized spacial score (nSPS) is 10.9. The fourth-order valence-electron chi connectivity index (χ4n) is 1.40. The highest BCUT2D eigenvalue weighted by molar-refractivity contribution is 7.81. The Hall–Kier alpha value is -2.05. The minimum Gasteiger partial charge on any atom is -0.362 e. The van der Waals surface area contributed by atoms with Gasteiger partial charge in [0.25, 0.3) is 0 Å². The van der Waals surface area contributed by atoms with E-state index in [0.29, 0.717) is 0 Å². The molecule has 2 N–H and O–H groups in total. The van der Waals surface area contributed by atoms with Gasteiger partial charge in [0.2, 0.25) is 0 Å². The minimum atomic E-state index is -4.47. The number of hydrogen-bond acceptors (Lipinski definition) is 4. The lowest BCUT2D eigenvalue weighted by molar-refractivity contribution is 0.387. The van der Waals surface area contributed by atoms with E-state index in [1.807, 2.05) is 30.3 Å². The topological polar surface area (TPSA) is 75.6 Å². The van der Waals surface area contributed by atoms with Crippen LogP contribution in [0, 0.1) is 0 Å². The third kappa shape index (κ3) is 3.76. The van der Waals surface area contributed by atoms with Gasteiger partial charge in [0.05, 0.1) is 0 Å². The summed E-state index contributed by atoms with van der Waals surface area (Å²) in [6, 6.07) is 15.7. The molecule has 94 valence electrons. The molecular formula is C12H11NO4S. The van der Waals surface area contributed by atoms with Crippen molar-refractivity contribution in [2.24, 2.45) is 0 Å². The van der Waals surface area contributed by atoms with Crippen LogP contribution in [0.2, 0.25) is 0 Å². The zero-order chi connectivity index (χ0) is 13.0. The number of para-hydroxylation sites is 1. The van der Waals surface area contributed by atoms with E-state index >= 15 is 0 Å². The van der Waals surface area contributed by atoms with Crippen molar-refractivity contribution < 1.29 is 17.2 Å². The van der Waals surface area contributed by atoms with Gasteiger partial charge in [0.15, 0.2) is 0 Å². The number of hydrogen-bond donors (Lipinski definition) is 2. The molecule has 0 amide bonds. The van der Waals surface area contributed by atoms with E-state index in [1.54, 1.807) is 12.1 Å². The lowest BCUT2D eigenvalue weighted by atomic mass is 10.2. The second-order valence-corrected chi connectivity index (χ2v) is 4.55. The molecule has 0 aliphatic carbocycles. The van der Waals surface area contributed by atoms with E-state index in [1.165, 1.54) is 12.1 Å². The molecule has 5 nitrogen and oxygen atoms in total. The van der Waals surface area contributed by atoms with E-state index in [4.69, 9.17) is 4.55 Å². The van der Waals surface area contributed by atoms with E-state index < -0.39 is 10.4 Å². The van der Waals surface area contributed by atoms with E-state index in [9.17, 15) is 8.42 Å². The lowest BCUT2D eigenvalue weighted by Crippen LogP contribution is -2.06. The van der Waals surface area contributed by atoms with Gasteiger partial charge >= 0.3 is 10.4 Å². The first-order valence-electron chi connectivity index (χ1n) is 5.12. The summed E-state index contributed by atoms with van der Waals surface area (Å²) in [6.45, 7) is 0. The molecule has 0 unspecified atom stereocenters. The molecule has 0 aliphatic heterocycles. The van der Waals surface area contributed by atoms with Crippen LogP contribution in [0.25, 0.3) is 0 Å². The standard InChI is InChI=1S/C12H11NO4S/c14-18(15,16)17-12-8-6-11(7-9-12)13-10-4-2-1-3-5-10/h1-9,13H,(H,14,15,16). The van der Waals surface area contributed by atoms with Crippen LogP contribution in [-0.4, -0.2) is 13.0 Å². The smallest absolute Gasteiger partial charge is 0.362 e. The highest BCUT2D eigenvalue weighted by atomic mass is 32.3. The molecule has 0 aliphatic rings. The van der Waals surface area contributed by atoms with Gasteiger partial charge in [-0.25, -0.2) is 0 Å². The predicted octanol–water partition coefficient (Wildman–Crippen LogP) is 2.61. The molecule has 0 aromatic heterocycles. The van der Waals surface area contributed by atoms with Crippen LogP contribution < -0.4 is 9.50 Å². The van der Waals surface area contributed by atoms with E-state index in [0.717, 1.165) is 11.4 Å². The summed E-state index contributed by atoms with van der Waals surface area (Å²) in [5.41, 5.74) is 1.70. The Bertz CT molecular complexity index is 608. The monoisotopic (exact) mass is 265 g/mol. The Morgan fingerprint density at radius 2 is 1.44 bits per heavy atom. The molecule has 0 heterocycles. The molecule has 2 aromatic rings. The van der Waals surface area contributed by atoms with Gasteiger partial charge in [-0.1, -0.05) is 18.2 Å². The summed E-state index contributed by atoms with van der Waals surface area (Å²) in [7, 11) is -4.47. The van der Waals surface area contributed by atoms with Crippen molar-refractivity contribution in [1.29, 1.82) is 0 Å². The van der Waals surface area contributed by atoms with Crippen molar-refractivity contribution in [2.75, 3.05) is 5.32 Å². The Kier molecular flexibility index (Phi) is 3.50. The van der Waals surface area contributed by atoms with Gasteiger partial charge in [0.1, 0.15) is 5.75 Å². The molecule has 0 saturated carbocycles. The van der Waals surface area contributed by atoms with Crippen molar-refractivity contribution in [1.82, 2.24) is 0 Å². The summed E-state index contributed by atoms with van der Waals surface area (Å²) in [4.78, 5) is 0. The molecule has 2 aromatic carbocycles. The SMILES string of the molecule is O=S(=O)(O)Oc1ccc(Nc2ccccc2)cc1. The number of benzene rings is 2. The first-order chi connectivity index (χ1) is 8.53. The van der Waals surface area contributed by atoms with Crippen LogP contribution in [0.15, 0.2) is 54.6 Å². The first-order valence-corrected chi connectivity index (χ1v) is 6.48. The van der Waals surface area contributed by atoms with Crippen LogP contribution in [0.3, 0.4) is 0 Å². The third-order valence-corrected chi connectivity index (χ3v) is 2.52. The van der Waals surface area contributed by atoms with Crippen LogP contribution in [0.1, 0.15) is 0 Å². The quantitative estimate of drug-likeness (QED) is 0.831. The molecular weight excluding hydrogens is 254 g/mol. The zero-order valence-corrected chi connectivity index (χ0v) is 10.1. The number of rotatable bonds is 4. The summed E-state index contributed by atoms with van der Waals surface area (Å²) in [5.74, 6) is 0.0520. The van der Waals surface area contributed by atoms with E-state index in [-0.39, 0.29) is 5.75 Å². The fourth-order valence-corrected chi connectivity index (χ4v) is 1.76. The molecule has 18 heavy (non-hydrogen) atoms. The fraction of sp³-hybridized carbons (Fsp3) is 0. The zero-order valence-electron chi connectivity index (χ0n) is 9.28. The summed E-state index contributed by atoms with van der Waals surface area (Å²) in [6.07, 6.45) is 0. The van der Waals surface area contributed by atoms with Crippen molar-refractivity contribution in [3.63, 3.8) is 0 Å². The average molecular weight is 265 g/mol. The van der Waals surface area contributed by atoms with Crippen LogP contribution in [0.4, 0.5) is 11.4 Å². The van der Waals surface area contributed by atoms with Crippen LogP contribution in [-0.2, 0) is 10.4 Å². The Morgan fingerprint density at radius 1 is 0.889 bits per heavy atom. The average Bonchev–Trinajstić information content (AvgIpc) is 2.31. The Balaban J connectivity index is 2.09. The minimum absolute atomic E-state index is 0.0520. The van der Waals surface area contributed by atoms with Crippen molar-refractivity contribution in [2.45, 2.75) is 0 Å². The molecule has 0 radical (unpaired) electrons. The van der Waals surface area contributed by atoms with Gasteiger partial charge in [-0.3, -0.25) is 4.55 Å². The molecule has 0 atom stereocenters. The van der Waals surface area contributed by atoms with Gasteiger partial charge in [-0.2, -0.15) is 8.42 Å². The molecule has 6 heteroatoms. The van der Waals surface area contributed by atoms with E-state index in [2.05, 4.69) is 9.50 Å². The number of nitrogens with one attached hydrogen (secondary N) is 1. The van der Waals surface area contributed by atoms with Crippen LogP contribution in [0.5, 0.6) is 5.75 Å². The second-order valence-electron chi connectivity index (χ2n) is 3.53. The predicted molar refractivity (Wildman–Crippen MR) is 68.3 cm³/mol. The van der Waals surface area contributed by atoms with Gasteiger partial charge in [-0.15, -0.1) is 0 Å². The second kappa shape index (κ2) is 5.07. The maximum absolute atomic E-state index is 10.5. The molecule has 0 bridgehead atoms. The van der Waals surface area contributed by atoms with Gasteiger partial charge in [0, 0.05) is 11.4 Å².